The van der Waals surface area contributed by atoms with Gasteiger partial charge in [-0.25, -0.2) is 4.98 Å². The lowest BCUT2D eigenvalue weighted by Gasteiger charge is -2.30. The molecule has 0 aliphatic carbocycles. The minimum Gasteiger partial charge on any atom is -0.493 e. The van der Waals surface area contributed by atoms with Crippen molar-refractivity contribution >= 4 is 17.0 Å². The van der Waals surface area contributed by atoms with E-state index in [1.807, 2.05) is 41.3 Å². The summed E-state index contributed by atoms with van der Waals surface area (Å²) in [5.74, 6) is 2.31. The van der Waals surface area contributed by atoms with Crippen LogP contribution in [0.3, 0.4) is 0 Å². The summed E-state index contributed by atoms with van der Waals surface area (Å²) in [6.45, 7) is 4.12. The number of benzene rings is 2. The molecule has 6 nitrogen and oxygen atoms in total. The quantitative estimate of drug-likeness (QED) is 0.513. The topological polar surface area (TPSA) is 64.8 Å². The second kappa shape index (κ2) is 9.20. The van der Waals surface area contributed by atoms with Crippen molar-refractivity contribution in [3.63, 3.8) is 0 Å². The van der Waals surface area contributed by atoms with Gasteiger partial charge in [0, 0.05) is 24.6 Å². The molecular weight excluding hydrogens is 380 g/mol. The molecule has 1 aliphatic rings. The van der Waals surface area contributed by atoms with Gasteiger partial charge < -0.3 is 18.8 Å². The number of aromatic nitrogens is 1. The number of hydrogen-bond donors (Lipinski definition) is 0. The fraction of sp³-hybridized carbons (Fsp3) is 0.417. The van der Waals surface area contributed by atoms with E-state index in [0.717, 1.165) is 42.7 Å². The van der Waals surface area contributed by atoms with Crippen LogP contribution in [0.5, 0.6) is 11.5 Å². The molecule has 1 aliphatic heterocycles. The van der Waals surface area contributed by atoms with Gasteiger partial charge in [0.15, 0.2) is 23.0 Å². The molecule has 1 fully saturated rings. The first-order valence-electron chi connectivity index (χ1n) is 10.6. The van der Waals surface area contributed by atoms with E-state index in [1.54, 1.807) is 13.2 Å². The van der Waals surface area contributed by atoms with Crippen LogP contribution in [-0.4, -0.2) is 42.6 Å². The zero-order valence-corrected chi connectivity index (χ0v) is 17.6. The summed E-state index contributed by atoms with van der Waals surface area (Å²) in [7, 11) is 1.60. The Morgan fingerprint density at radius 2 is 1.97 bits per heavy atom. The SMILES string of the molecule is CCCCOc1ccc(C(=O)N2CCC(c3nc4ccccc4o3)CC2)cc1OC. The monoisotopic (exact) mass is 408 g/mol. The Balaban J connectivity index is 1.40. The summed E-state index contributed by atoms with van der Waals surface area (Å²) >= 11 is 0. The number of piperidine rings is 1. The number of nitrogens with zero attached hydrogens (tertiary/aromatic N) is 2. The summed E-state index contributed by atoms with van der Waals surface area (Å²) in [6, 6.07) is 13.2. The average molecular weight is 408 g/mol. The van der Waals surface area contributed by atoms with Crippen molar-refractivity contribution in [2.75, 3.05) is 26.8 Å². The van der Waals surface area contributed by atoms with Gasteiger partial charge in [-0.2, -0.15) is 0 Å². The normalized spacial score (nSPS) is 14.8. The maximum atomic E-state index is 13.0. The summed E-state index contributed by atoms with van der Waals surface area (Å²) in [5, 5.41) is 0. The maximum Gasteiger partial charge on any atom is 0.253 e. The van der Waals surface area contributed by atoms with E-state index in [4.69, 9.17) is 13.9 Å². The van der Waals surface area contributed by atoms with E-state index < -0.39 is 0 Å². The second-order valence-corrected chi connectivity index (χ2v) is 7.65. The number of hydrogen-bond acceptors (Lipinski definition) is 5. The number of methoxy groups -OCH3 is 1. The molecule has 3 aromatic rings. The molecule has 0 atom stereocenters. The maximum absolute atomic E-state index is 13.0. The fourth-order valence-electron chi connectivity index (χ4n) is 3.82. The molecule has 0 unspecified atom stereocenters. The van der Waals surface area contributed by atoms with Gasteiger partial charge >= 0.3 is 0 Å². The van der Waals surface area contributed by atoms with E-state index in [9.17, 15) is 4.79 Å². The molecular formula is C24H28N2O4. The number of rotatable bonds is 7. The van der Waals surface area contributed by atoms with Crippen molar-refractivity contribution in [1.82, 2.24) is 9.88 Å². The van der Waals surface area contributed by atoms with Gasteiger partial charge in [-0.1, -0.05) is 25.5 Å². The van der Waals surface area contributed by atoms with Crippen molar-refractivity contribution in [3.05, 3.63) is 53.9 Å². The Kier molecular flexibility index (Phi) is 6.21. The molecule has 4 rings (SSSR count). The van der Waals surface area contributed by atoms with Crippen molar-refractivity contribution in [2.24, 2.45) is 0 Å². The minimum atomic E-state index is 0.0180. The van der Waals surface area contributed by atoms with Gasteiger partial charge in [0.2, 0.25) is 0 Å². The van der Waals surface area contributed by atoms with Crippen LogP contribution in [0, 0.1) is 0 Å². The zero-order valence-electron chi connectivity index (χ0n) is 17.6. The van der Waals surface area contributed by atoms with E-state index in [0.29, 0.717) is 36.8 Å². The van der Waals surface area contributed by atoms with Crippen LogP contribution in [0.1, 0.15) is 54.8 Å². The predicted octanol–water partition coefficient (Wildman–Crippen LogP) is 5.04. The molecule has 0 N–H and O–H groups in total. The van der Waals surface area contributed by atoms with Gasteiger partial charge in [0.25, 0.3) is 5.91 Å². The number of ether oxygens (including phenoxy) is 2. The molecule has 0 saturated carbocycles. The number of amides is 1. The zero-order chi connectivity index (χ0) is 20.9. The highest BCUT2D eigenvalue weighted by Gasteiger charge is 2.28. The van der Waals surface area contributed by atoms with Crippen LogP contribution in [0.25, 0.3) is 11.1 Å². The lowest BCUT2D eigenvalue weighted by Crippen LogP contribution is -2.38. The summed E-state index contributed by atoms with van der Waals surface area (Å²) in [4.78, 5) is 19.5. The van der Waals surface area contributed by atoms with Crippen LogP contribution in [0.15, 0.2) is 46.9 Å². The number of para-hydroxylation sites is 2. The molecule has 1 aromatic heterocycles. The molecule has 1 saturated heterocycles. The third-order valence-electron chi connectivity index (χ3n) is 5.61. The lowest BCUT2D eigenvalue weighted by molar-refractivity contribution is 0.0706. The molecule has 1 amide bonds. The standard InChI is InChI=1S/C24H28N2O4/c1-3-4-15-29-21-10-9-18(16-22(21)28-2)24(27)26-13-11-17(12-14-26)23-25-19-7-5-6-8-20(19)30-23/h5-10,16-17H,3-4,11-15H2,1-2H3. The minimum absolute atomic E-state index is 0.0180. The third kappa shape index (κ3) is 4.27. The number of carbonyl (C=O) groups excluding carboxylic acids is 1. The highest BCUT2D eigenvalue weighted by atomic mass is 16.5. The van der Waals surface area contributed by atoms with E-state index in [-0.39, 0.29) is 11.8 Å². The van der Waals surface area contributed by atoms with Gasteiger partial charge in [0.1, 0.15) is 5.52 Å². The van der Waals surface area contributed by atoms with Crippen LogP contribution >= 0.6 is 0 Å². The summed E-state index contributed by atoms with van der Waals surface area (Å²) < 4.78 is 17.1. The Morgan fingerprint density at radius 1 is 1.17 bits per heavy atom. The highest BCUT2D eigenvalue weighted by Crippen LogP contribution is 2.32. The molecule has 0 bridgehead atoms. The van der Waals surface area contributed by atoms with Crippen LogP contribution < -0.4 is 9.47 Å². The predicted molar refractivity (Wildman–Crippen MR) is 115 cm³/mol. The van der Waals surface area contributed by atoms with E-state index in [2.05, 4.69) is 11.9 Å². The van der Waals surface area contributed by atoms with Crippen molar-refractivity contribution in [3.8, 4) is 11.5 Å². The number of fused-ring (bicyclic) bond motifs is 1. The number of carbonyl (C=O) groups is 1. The van der Waals surface area contributed by atoms with E-state index in [1.165, 1.54) is 0 Å². The van der Waals surface area contributed by atoms with Crippen molar-refractivity contribution in [1.29, 1.82) is 0 Å². The van der Waals surface area contributed by atoms with Gasteiger partial charge in [-0.15, -0.1) is 0 Å². The second-order valence-electron chi connectivity index (χ2n) is 7.65. The Labute approximate surface area is 176 Å². The van der Waals surface area contributed by atoms with Gasteiger partial charge in [0.05, 0.1) is 13.7 Å². The molecule has 0 radical (unpaired) electrons. The first-order chi connectivity index (χ1) is 14.7. The number of likely N-dealkylation sites (tertiary alicyclic amines) is 1. The number of oxazole rings is 1. The smallest absolute Gasteiger partial charge is 0.253 e. The average Bonchev–Trinajstić information content (AvgIpc) is 3.23. The Morgan fingerprint density at radius 3 is 2.70 bits per heavy atom. The van der Waals surface area contributed by atoms with Crippen LogP contribution in [-0.2, 0) is 0 Å². The molecule has 0 spiro atoms. The number of unbranched alkanes of at least 4 members (excludes halogenated alkanes) is 1. The van der Waals surface area contributed by atoms with Gasteiger partial charge in [-0.3, -0.25) is 4.79 Å². The summed E-state index contributed by atoms with van der Waals surface area (Å²) in [6.07, 6.45) is 3.74. The molecule has 158 valence electrons. The summed E-state index contributed by atoms with van der Waals surface area (Å²) in [5.41, 5.74) is 2.33. The Hall–Kier alpha value is -3.02. The Bertz CT molecular complexity index is 972. The molecule has 2 heterocycles. The van der Waals surface area contributed by atoms with Crippen molar-refractivity contribution in [2.45, 2.75) is 38.5 Å². The van der Waals surface area contributed by atoms with Crippen LogP contribution in [0.4, 0.5) is 0 Å². The molecule has 2 aromatic carbocycles. The molecule has 6 heteroatoms. The molecule has 30 heavy (non-hydrogen) atoms. The first kappa shape index (κ1) is 20.3. The lowest BCUT2D eigenvalue weighted by atomic mass is 9.96. The highest BCUT2D eigenvalue weighted by molar-refractivity contribution is 5.95. The van der Waals surface area contributed by atoms with Crippen LogP contribution in [0.2, 0.25) is 0 Å². The first-order valence-corrected chi connectivity index (χ1v) is 10.6. The largest absolute Gasteiger partial charge is 0.493 e. The van der Waals surface area contributed by atoms with E-state index >= 15 is 0 Å². The van der Waals surface area contributed by atoms with Crippen molar-refractivity contribution < 1.29 is 18.7 Å². The fourth-order valence-corrected chi connectivity index (χ4v) is 3.82. The van der Waals surface area contributed by atoms with Gasteiger partial charge in [-0.05, 0) is 49.6 Å². The third-order valence-corrected chi connectivity index (χ3v) is 5.61.